The molecule has 0 heterocycles. The maximum atomic E-state index is 11.8. The SMILES string of the molecule is CC(C)OC(=O)c1ccc(CN(C)C2CCC(CO)CC2)cc1. The molecule has 2 rings (SSSR count). The number of aliphatic hydroxyl groups excluding tert-OH is 1. The molecular weight excluding hydrogens is 290 g/mol. The van der Waals surface area contributed by atoms with Crippen LogP contribution in [0.3, 0.4) is 0 Å². The summed E-state index contributed by atoms with van der Waals surface area (Å²) in [7, 11) is 2.16. The summed E-state index contributed by atoms with van der Waals surface area (Å²) in [6, 6.07) is 8.29. The molecule has 0 atom stereocenters. The normalized spacial score (nSPS) is 21.7. The van der Waals surface area contributed by atoms with Crippen LogP contribution in [0.4, 0.5) is 0 Å². The van der Waals surface area contributed by atoms with Crippen LogP contribution in [0.5, 0.6) is 0 Å². The lowest BCUT2D eigenvalue weighted by Crippen LogP contribution is -2.35. The number of hydrogen-bond acceptors (Lipinski definition) is 4. The summed E-state index contributed by atoms with van der Waals surface area (Å²) >= 11 is 0. The average molecular weight is 319 g/mol. The Morgan fingerprint density at radius 2 is 1.83 bits per heavy atom. The minimum atomic E-state index is -0.262. The zero-order valence-corrected chi connectivity index (χ0v) is 14.5. The van der Waals surface area contributed by atoms with Gasteiger partial charge in [0.05, 0.1) is 11.7 Å². The van der Waals surface area contributed by atoms with E-state index in [1.54, 1.807) is 0 Å². The van der Waals surface area contributed by atoms with Crippen molar-refractivity contribution in [1.82, 2.24) is 4.90 Å². The van der Waals surface area contributed by atoms with Crippen LogP contribution in [0, 0.1) is 5.92 Å². The Bertz CT molecular complexity index is 490. The number of carbonyl (C=O) groups is 1. The molecule has 1 saturated carbocycles. The first-order chi connectivity index (χ1) is 11.0. The Balaban J connectivity index is 1.87. The Labute approximate surface area is 139 Å². The highest BCUT2D eigenvalue weighted by atomic mass is 16.5. The van der Waals surface area contributed by atoms with Crippen LogP contribution in [0.15, 0.2) is 24.3 Å². The third-order valence-electron chi connectivity index (χ3n) is 4.66. The summed E-state index contributed by atoms with van der Waals surface area (Å²) in [6.07, 6.45) is 4.44. The molecule has 4 nitrogen and oxygen atoms in total. The van der Waals surface area contributed by atoms with Crippen molar-refractivity contribution >= 4 is 5.97 Å². The van der Waals surface area contributed by atoms with Gasteiger partial charge in [-0.1, -0.05) is 12.1 Å². The van der Waals surface area contributed by atoms with Crippen molar-refractivity contribution in [3.05, 3.63) is 35.4 Å². The number of aliphatic hydroxyl groups is 1. The number of ether oxygens (including phenoxy) is 1. The van der Waals surface area contributed by atoms with Gasteiger partial charge in [-0.25, -0.2) is 4.79 Å². The molecule has 0 unspecified atom stereocenters. The van der Waals surface area contributed by atoms with Crippen molar-refractivity contribution in [2.24, 2.45) is 5.92 Å². The Hall–Kier alpha value is -1.39. The van der Waals surface area contributed by atoms with E-state index in [0.717, 1.165) is 32.2 Å². The van der Waals surface area contributed by atoms with E-state index >= 15 is 0 Å². The van der Waals surface area contributed by atoms with E-state index in [4.69, 9.17) is 4.74 Å². The molecule has 1 aromatic carbocycles. The highest BCUT2D eigenvalue weighted by molar-refractivity contribution is 5.89. The largest absolute Gasteiger partial charge is 0.459 e. The van der Waals surface area contributed by atoms with E-state index in [9.17, 15) is 9.90 Å². The highest BCUT2D eigenvalue weighted by Gasteiger charge is 2.23. The number of hydrogen-bond donors (Lipinski definition) is 1. The van der Waals surface area contributed by atoms with Gasteiger partial charge in [0.1, 0.15) is 0 Å². The summed E-state index contributed by atoms with van der Waals surface area (Å²) in [6.45, 7) is 4.91. The van der Waals surface area contributed by atoms with Gasteiger partial charge in [0, 0.05) is 19.2 Å². The van der Waals surface area contributed by atoms with Gasteiger partial charge in [-0.15, -0.1) is 0 Å². The summed E-state index contributed by atoms with van der Waals surface area (Å²) in [4.78, 5) is 14.2. The van der Waals surface area contributed by atoms with Crippen LogP contribution in [-0.4, -0.2) is 41.8 Å². The van der Waals surface area contributed by atoms with Crippen LogP contribution in [0.2, 0.25) is 0 Å². The van der Waals surface area contributed by atoms with E-state index in [0.29, 0.717) is 24.1 Å². The molecule has 128 valence electrons. The summed E-state index contributed by atoms with van der Waals surface area (Å²) < 4.78 is 5.20. The molecule has 0 bridgehead atoms. The fraction of sp³-hybridized carbons (Fsp3) is 0.632. The van der Waals surface area contributed by atoms with Crippen LogP contribution >= 0.6 is 0 Å². The summed E-state index contributed by atoms with van der Waals surface area (Å²) in [5.41, 5.74) is 1.81. The average Bonchev–Trinajstić information content (AvgIpc) is 2.55. The van der Waals surface area contributed by atoms with Gasteiger partial charge in [-0.2, -0.15) is 0 Å². The first-order valence-corrected chi connectivity index (χ1v) is 8.60. The van der Waals surface area contributed by atoms with Crippen LogP contribution in [0.25, 0.3) is 0 Å². The van der Waals surface area contributed by atoms with Crippen LogP contribution < -0.4 is 0 Å². The van der Waals surface area contributed by atoms with Crippen molar-refractivity contribution in [3.63, 3.8) is 0 Å². The fourth-order valence-corrected chi connectivity index (χ4v) is 3.21. The van der Waals surface area contributed by atoms with E-state index < -0.39 is 0 Å². The fourth-order valence-electron chi connectivity index (χ4n) is 3.21. The highest BCUT2D eigenvalue weighted by Crippen LogP contribution is 2.27. The smallest absolute Gasteiger partial charge is 0.338 e. The van der Waals surface area contributed by atoms with Gasteiger partial charge in [0.2, 0.25) is 0 Å². The van der Waals surface area contributed by atoms with E-state index in [-0.39, 0.29) is 12.1 Å². The number of benzene rings is 1. The molecule has 1 aliphatic rings. The topological polar surface area (TPSA) is 49.8 Å². The standard InChI is InChI=1S/C19H29NO3/c1-14(2)23-19(22)17-8-4-15(5-9-17)12-20(3)18-10-6-16(13-21)7-11-18/h4-5,8-9,14,16,18,21H,6-7,10-13H2,1-3H3. The maximum absolute atomic E-state index is 11.8. The van der Waals surface area contributed by atoms with Gasteiger partial charge >= 0.3 is 5.97 Å². The lowest BCUT2D eigenvalue weighted by Gasteiger charge is -2.34. The second kappa shape index (κ2) is 8.46. The molecule has 0 amide bonds. The molecular formula is C19H29NO3. The van der Waals surface area contributed by atoms with Crippen molar-refractivity contribution in [3.8, 4) is 0 Å². The second-order valence-corrected chi connectivity index (χ2v) is 6.92. The lowest BCUT2D eigenvalue weighted by atomic mass is 9.86. The van der Waals surface area contributed by atoms with Crippen molar-refractivity contribution in [2.45, 2.75) is 58.2 Å². The van der Waals surface area contributed by atoms with Crippen molar-refractivity contribution < 1.29 is 14.6 Å². The molecule has 4 heteroatoms. The number of rotatable bonds is 6. The second-order valence-electron chi connectivity index (χ2n) is 6.92. The van der Waals surface area contributed by atoms with Gasteiger partial charge in [-0.05, 0) is 70.2 Å². The maximum Gasteiger partial charge on any atom is 0.338 e. The molecule has 1 aromatic rings. The minimum absolute atomic E-state index is 0.0950. The predicted molar refractivity (Wildman–Crippen MR) is 91.3 cm³/mol. The first kappa shape index (κ1) is 18.0. The van der Waals surface area contributed by atoms with E-state index in [2.05, 4.69) is 11.9 Å². The molecule has 0 radical (unpaired) electrons. The van der Waals surface area contributed by atoms with Gasteiger partial charge < -0.3 is 9.84 Å². The van der Waals surface area contributed by atoms with E-state index in [1.807, 2.05) is 38.1 Å². The van der Waals surface area contributed by atoms with Gasteiger partial charge in [0.25, 0.3) is 0 Å². The molecule has 0 saturated heterocycles. The number of nitrogens with zero attached hydrogens (tertiary/aromatic N) is 1. The third-order valence-corrected chi connectivity index (χ3v) is 4.66. The van der Waals surface area contributed by atoms with Crippen LogP contribution in [0.1, 0.15) is 55.5 Å². The number of carbonyl (C=O) groups excluding carboxylic acids is 1. The monoisotopic (exact) mass is 319 g/mol. The lowest BCUT2D eigenvalue weighted by molar-refractivity contribution is 0.0378. The van der Waals surface area contributed by atoms with Crippen LogP contribution in [-0.2, 0) is 11.3 Å². The molecule has 0 aliphatic heterocycles. The summed E-state index contributed by atoms with van der Waals surface area (Å²) in [5, 5.41) is 9.23. The molecule has 1 fully saturated rings. The molecule has 0 aromatic heterocycles. The Morgan fingerprint density at radius 3 is 2.35 bits per heavy atom. The quantitative estimate of drug-likeness (QED) is 0.818. The predicted octanol–water partition coefficient (Wildman–Crippen LogP) is 3.23. The van der Waals surface area contributed by atoms with Crippen molar-refractivity contribution in [1.29, 1.82) is 0 Å². The molecule has 1 N–H and O–H groups in total. The first-order valence-electron chi connectivity index (χ1n) is 8.60. The molecule has 0 spiro atoms. The van der Waals surface area contributed by atoms with Crippen molar-refractivity contribution in [2.75, 3.05) is 13.7 Å². The molecule has 23 heavy (non-hydrogen) atoms. The third kappa shape index (κ3) is 5.33. The summed E-state index contributed by atoms with van der Waals surface area (Å²) in [5.74, 6) is 0.230. The Morgan fingerprint density at radius 1 is 1.22 bits per heavy atom. The zero-order chi connectivity index (χ0) is 16.8. The molecule has 1 aliphatic carbocycles. The van der Waals surface area contributed by atoms with E-state index in [1.165, 1.54) is 5.56 Å². The Kier molecular flexibility index (Phi) is 6.60. The number of esters is 1. The van der Waals surface area contributed by atoms with Gasteiger partial charge in [-0.3, -0.25) is 4.90 Å². The van der Waals surface area contributed by atoms with Gasteiger partial charge in [0.15, 0.2) is 0 Å². The minimum Gasteiger partial charge on any atom is -0.459 e. The zero-order valence-electron chi connectivity index (χ0n) is 14.5.